The summed E-state index contributed by atoms with van der Waals surface area (Å²) < 4.78 is 18.0. The molecule has 5 nitrogen and oxygen atoms in total. The molecule has 0 unspecified atom stereocenters. The molecule has 0 aliphatic rings. The number of nitrogens with one attached hydrogen (secondary N) is 1. The fourth-order valence-corrected chi connectivity index (χ4v) is 1.53. The van der Waals surface area contributed by atoms with Crippen LogP contribution in [-0.4, -0.2) is 19.0 Å². The number of hydrogen-bond donors (Lipinski definition) is 2. The van der Waals surface area contributed by atoms with Gasteiger partial charge in [0, 0.05) is 18.5 Å². The summed E-state index contributed by atoms with van der Waals surface area (Å²) in [6.45, 7) is 0.513. The van der Waals surface area contributed by atoms with Crippen LogP contribution in [-0.2, 0) is 0 Å². The van der Waals surface area contributed by atoms with E-state index in [2.05, 4.69) is 5.32 Å². The molecular weight excluding hydrogens is 239 g/mol. The normalized spacial score (nSPS) is 10.6. The zero-order valence-corrected chi connectivity index (χ0v) is 9.40. The minimum absolute atomic E-state index is 0.165. The van der Waals surface area contributed by atoms with Gasteiger partial charge in [0.25, 0.3) is 5.91 Å². The Labute approximate surface area is 101 Å². The Morgan fingerprint density at radius 2 is 2.17 bits per heavy atom. The molecule has 1 aromatic carbocycles. The number of benzene rings is 1. The van der Waals surface area contributed by atoms with Gasteiger partial charge in [-0.3, -0.25) is 4.79 Å². The van der Waals surface area contributed by atoms with E-state index in [1.54, 1.807) is 0 Å². The largest absolute Gasteiger partial charge is 0.422 e. The van der Waals surface area contributed by atoms with Crippen LogP contribution in [0.3, 0.4) is 0 Å². The molecule has 94 valence electrons. The number of amides is 1. The summed E-state index contributed by atoms with van der Waals surface area (Å²) in [4.78, 5) is 23.2. The van der Waals surface area contributed by atoms with Gasteiger partial charge in [-0.05, 0) is 24.3 Å². The monoisotopic (exact) mass is 250 g/mol. The Balaban J connectivity index is 2.48. The highest BCUT2D eigenvalue weighted by Crippen LogP contribution is 2.14. The van der Waals surface area contributed by atoms with E-state index in [0.717, 1.165) is 0 Å². The summed E-state index contributed by atoms with van der Waals surface area (Å²) >= 11 is 0. The molecule has 2 aromatic rings. The van der Waals surface area contributed by atoms with Crippen molar-refractivity contribution in [3.05, 3.63) is 46.1 Å². The standard InChI is InChI=1S/C12H11FN2O3/c13-8-1-2-10-7(5-8)6-9(12(17)18-10)11(16)15-4-3-14/h1-2,5-6H,3-4,14H2,(H,15,16). The second-order valence-electron chi connectivity index (χ2n) is 3.67. The Hall–Kier alpha value is -2.21. The molecule has 0 saturated heterocycles. The quantitative estimate of drug-likeness (QED) is 0.782. The van der Waals surface area contributed by atoms with E-state index in [1.807, 2.05) is 0 Å². The number of carbonyl (C=O) groups excluding carboxylic acids is 1. The van der Waals surface area contributed by atoms with Crippen molar-refractivity contribution in [1.82, 2.24) is 5.32 Å². The molecule has 0 atom stereocenters. The highest BCUT2D eigenvalue weighted by Gasteiger charge is 2.13. The van der Waals surface area contributed by atoms with E-state index >= 15 is 0 Å². The van der Waals surface area contributed by atoms with Gasteiger partial charge in [0.05, 0.1) is 0 Å². The maximum absolute atomic E-state index is 13.0. The van der Waals surface area contributed by atoms with Crippen molar-refractivity contribution < 1.29 is 13.6 Å². The lowest BCUT2D eigenvalue weighted by Crippen LogP contribution is -2.32. The van der Waals surface area contributed by atoms with Crippen molar-refractivity contribution in [2.45, 2.75) is 0 Å². The molecule has 1 heterocycles. The van der Waals surface area contributed by atoms with Crippen molar-refractivity contribution >= 4 is 16.9 Å². The lowest BCUT2D eigenvalue weighted by molar-refractivity contribution is 0.0951. The Bertz CT molecular complexity index is 651. The number of rotatable bonds is 3. The third-order valence-corrected chi connectivity index (χ3v) is 2.37. The summed E-state index contributed by atoms with van der Waals surface area (Å²) in [5.74, 6) is -1.05. The van der Waals surface area contributed by atoms with Gasteiger partial charge in [0.1, 0.15) is 17.0 Å². The fraction of sp³-hybridized carbons (Fsp3) is 0.167. The van der Waals surface area contributed by atoms with Gasteiger partial charge < -0.3 is 15.5 Å². The molecular formula is C12H11FN2O3. The second-order valence-corrected chi connectivity index (χ2v) is 3.67. The predicted octanol–water partition coefficient (Wildman–Crippen LogP) is 0.621. The minimum atomic E-state index is -0.761. The Morgan fingerprint density at radius 1 is 1.39 bits per heavy atom. The van der Waals surface area contributed by atoms with Crippen molar-refractivity contribution in [1.29, 1.82) is 0 Å². The van der Waals surface area contributed by atoms with Crippen molar-refractivity contribution in [3.8, 4) is 0 Å². The first-order valence-electron chi connectivity index (χ1n) is 5.33. The van der Waals surface area contributed by atoms with Crippen LogP contribution < -0.4 is 16.7 Å². The van der Waals surface area contributed by atoms with Crippen molar-refractivity contribution in [2.24, 2.45) is 5.73 Å². The number of hydrogen-bond acceptors (Lipinski definition) is 4. The second kappa shape index (κ2) is 4.97. The van der Waals surface area contributed by atoms with Gasteiger partial charge in [-0.25, -0.2) is 9.18 Å². The highest BCUT2D eigenvalue weighted by molar-refractivity contribution is 5.96. The van der Waals surface area contributed by atoms with Crippen LogP contribution in [0.4, 0.5) is 4.39 Å². The predicted molar refractivity (Wildman–Crippen MR) is 63.8 cm³/mol. The number of fused-ring (bicyclic) bond motifs is 1. The van der Waals surface area contributed by atoms with E-state index in [1.165, 1.54) is 24.3 Å². The van der Waals surface area contributed by atoms with Crippen molar-refractivity contribution in [2.75, 3.05) is 13.1 Å². The fourth-order valence-electron chi connectivity index (χ4n) is 1.53. The topological polar surface area (TPSA) is 85.3 Å². The first kappa shape index (κ1) is 12.3. The van der Waals surface area contributed by atoms with E-state index in [0.29, 0.717) is 5.39 Å². The van der Waals surface area contributed by atoms with Gasteiger partial charge in [-0.15, -0.1) is 0 Å². The third kappa shape index (κ3) is 2.38. The van der Waals surface area contributed by atoms with Gasteiger partial charge in [-0.1, -0.05) is 0 Å². The molecule has 0 radical (unpaired) electrons. The van der Waals surface area contributed by atoms with Gasteiger partial charge in [-0.2, -0.15) is 0 Å². The maximum Gasteiger partial charge on any atom is 0.349 e. The van der Waals surface area contributed by atoms with Crippen LogP contribution in [0.1, 0.15) is 10.4 Å². The van der Waals surface area contributed by atoms with Gasteiger partial charge in [0.15, 0.2) is 0 Å². The minimum Gasteiger partial charge on any atom is -0.422 e. The molecule has 1 aromatic heterocycles. The van der Waals surface area contributed by atoms with Crippen LogP contribution in [0.25, 0.3) is 11.0 Å². The molecule has 0 saturated carbocycles. The van der Waals surface area contributed by atoms with E-state index < -0.39 is 17.3 Å². The van der Waals surface area contributed by atoms with Crippen LogP contribution >= 0.6 is 0 Å². The first-order valence-corrected chi connectivity index (χ1v) is 5.33. The summed E-state index contributed by atoms with van der Waals surface area (Å²) in [5.41, 5.74) is 4.54. The van der Waals surface area contributed by atoms with E-state index in [9.17, 15) is 14.0 Å². The lowest BCUT2D eigenvalue weighted by Gasteiger charge is -2.03. The lowest BCUT2D eigenvalue weighted by atomic mass is 10.1. The summed E-state index contributed by atoms with van der Waals surface area (Å²) in [5, 5.41) is 2.81. The number of carbonyl (C=O) groups is 1. The molecule has 0 spiro atoms. The summed E-state index contributed by atoms with van der Waals surface area (Å²) in [6, 6.07) is 5.02. The molecule has 0 bridgehead atoms. The zero-order chi connectivity index (χ0) is 13.1. The average molecular weight is 250 g/mol. The van der Waals surface area contributed by atoms with Gasteiger partial charge >= 0.3 is 5.63 Å². The summed E-state index contributed by atoms with van der Waals surface area (Å²) in [7, 11) is 0. The zero-order valence-electron chi connectivity index (χ0n) is 9.40. The average Bonchev–Trinajstić information content (AvgIpc) is 2.35. The summed E-state index contributed by atoms with van der Waals surface area (Å²) in [6.07, 6.45) is 0. The molecule has 0 aliphatic heterocycles. The molecule has 2 rings (SSSR count). The van der Waals surface area contributed by atoms with Crippen molar-refractivity contribution in [3.63, 3.8) is 0 Å². The molecule has 3 N–H and O–H groups in total. The first-order chi connectivity index (χ1) is 8.61. The number of nitrogens with two attached hydrogens (primary N) is 1. The Morgan fingerprint density at radius 3 is 2.89 bits per heavy atom. The van der Waals surface area contributed by atoms with Crippen LogP contribution in [0, 0.1) is 5.82 Å². The van der Waals surface area contributed by atoms with E-state index in [-0.39, 0.29) is 24.2 Å². The molecule has 1 amide bonds. The van der Waals surface area contributed by atoms with Gasteiger partial charge in [0.2, 0.25) is 0 Å². The SMILES string of the molecule is NCCNC(=O)c1cc2cc(F)ccc2oc1=O. The number of halogens is 1. The third-order valence-electron chi connectivity index (χ3n) is 2.37. The maximum atomic E-state index is 13.0. The van der Waals surface area contributed by atoms with Crippen LogP contribution in [0.15, 0.2) is 33.5 Å². The van der Waals surface area contributed by atoms with Crippen LogP contribution in [0.2, 0.25) is 0 Å². The Kier molecular flexibility index (Phi) is 3.38. The molecule has 6 heteroatoms. The highest BCUT2D eigenvalue weighted by atomic mass is 19.1. The molecule has 18 heavy (non-hydrogen) atoms. The van der Waals surface area contributed by atoms with E-state index in [4.69, 9.17) is 10.2 Å². The molecule has 0 fully saturated rings. The smallest absolute Gasteiger partial charge is 0.349 e. The molecule has 0 aliphatic carbocycles. The van der Waals surface area contributed by atoms with Crippen LogP contribution in [0.5, 0.6) is 0 Å².